The van der Waals surface area contributed by atoms with Crippen molar-refractivity contribution in [3.05, 3.63) is 5.53 Å². The molecule has 0 aromatic rings. The highest BCUT2D eigenvalue weighted by Gasteiger charge is 2.27. The molecule has 0 spiro atoms. The molecule has 8 nitrogen and oxygen atoms in total. The zero-order valence-corrected chi connectivity index (χ0v) is 11.3. The van der Waals surface area contributed by atoms with Crippen molar-refractivity contribution in [2.75, 3.05) is 6.26 Å². The van der Waals surface area contributed by atoms with Crippen LogP contribution in [-0.4, -0.2) is 55.9 Å². The third-order valence-corrected chi connectivity index (χ3v) is 3.57. The number of carboxylic acid groups (broad SMARTS) is 1. The van der Waals surface area contributed by atoms with Gasteiger partial charge in [0, 0.05) is 6.42 Å². The number of carbonyl (C=O) groups is 3. The van der Waals surface area contributed by atoms with Crippen LogP contribution in [0.15, 0.2) is 0 Å². The largest absolute Gasteiger partial charge is 0.616 e. The summed E-state index contributed by atoms with van der Waals surface area (Å²) in [6, 6.07) is -1.26. The van der Waals surface area contributed by atoms with Crippen molar-refractivity contribution in [2.24, 2.45) is 0 Å². The van der Waals surface area contributed by atoms with Gasteiger partial charge in [-0.25, -0.2) is 4.79 Å². The maximum absolute atomic E-state index is 11.6. The summed E-state index contributed by atoms with van der Waals surface area (Å²) < 4.78 is 11.1. The van der Waals surface area contributed by atoms with Gasteiger partial charge in [0.15, 0.2) is 5.25 Å². The zero-order chi connectivity index (χ0) is 15.0. The summed E-state index contributed by atoms with van der Waals surface area (Å²) in [5, 5.41) is 10.3. The summed E-state index contributed by atoms with van der Waals surface area (Å²) in [5.41, 5.74) is 8.12. The molecule has 3 atom stereocenters. The van der Waals surface area contributed by atoms with E-state index in [1.54, 1.807) is 0 Å². The fourth-order valence-electron chi connectivity index (χ4n) is 1.11. The standard InChI is InChI=1S/C10H15N3O5S/c1-6(19(2)18)9(15)13-8(10(16)17)4-3-7(14)5-12-11/h5-6,8H,3-4H2,1-2H3,(H,13,15)(H,16,17)/t6-,8-,19?/m0/s1. The summed E-state index contributed by atoms with van der Waals surface area (Å²) in [7, 11) is 0. The average molecular weight is 289 g/mol. The van der Waals surface area contributed by atoms with Gasteiger partial charge in [0.05, 0.1) is 6.26 Å². The molecule has 0 radical (unpaired) electrons. The van der Waals surface area contributed by atoms with E-state index in [9.17, 15) is 18.9 Å². The van der Waals surface area contributed by atoms with Crippen LogP contribution in [0.3, 0.4) is 0 Å². The summed E-state index contributed by atoms with van der Waals surface area (Å²) in [6.07, 6.45) is 1.66. The second-order valence-electron chi connectivity index (χ2n) is 3.79. The predicted octanol–water partition coefficient (Wildman–Crippen LogP) is -1.03. The highest BCUT2D eigenvalue weighted by molar-refractivity contribution is 7.92. The van der Waals surface area contributed by atoms with Crippen molar-refractivity contribution in [2.45, 2.75) is 31.1 Å². The van der Waals surface area contributed by atoms with Crippen LogP contribution in [0.25, 0.3) is 5.53 Å². The van der Waals surface area contributed by atoms with Crippen LogP contribution in [0.2, 0.25) is 0 Å². The van der Waals surface area contributed by atoms with E-state index in [0.29, 0.717) is 6.21 Å². The maximum Gasteiger partial charge on any atom is 0.326 e. The Hall–Kier alpha value is -1.70. The molecule has 0 aromatic carbocycles. The molecule has 0 aliphatic rings. The van der Waals surface area contributed by atoms with E-state index < -0.39 is 40.1 Å². The van der Waals surface area contributed by atoms with Crippen LogP contribution in [0, 0.1) is 0 Å². The number of Topliss-reactive ketones (excluding diaryl/α,β-unsaturated/α-hetero) is 1. The number of rotatable bonds is 8. The van der Waals surface area contributed by atoms with Crippen LogP contribution in [-0.2, 0) is 25.6 Å². The van der Waals surface area contributed by atoms with Gasteiger partial charge in [0.2, 0.25) is 5.78 Å². The van der Waals surface area contributed by atoms with Gasteiger partial charge in [-0.2, -0.15) is 4.79 Å². The first-order valence-corrected chi connectivity index (χ1v) is 6.97. The third kappa shape index (κ3) is 6.70. The number of nitrogens with zero attached hydrogens (tertiary/aromatic N) is 2. The number of hydrogen-bond donors (Lipinski definition) is 2. The minimum absolute atomic E-state index is 0.144. The van der Waals surface area contributed by atoms with Gasteiger partial charge in [0.1, 0.15) is 6.04 Å². The fraction of sp³-hybridized carbons (Fsp3) is 0.600. The second-order valence-corrected chi connectivity index (χ2v) is 5.49. The van der Waals surface area contributed by atoms with Crippen molar-refractivity contribution in [3.8, 4) is 0 Å². The molecular weight excluding hydrogens is 274 g/mol. The minimum atomic E-state index is -1.41. The van der Waals surface area contributed by atoms with Gasteiger partial charge in [-0.15, -0.1) is 0 Å². The molecule has 0 aromatic heterocycles. The Balaban J connectivity index is 4.50. The van der Waals surface area contributed by atoms with Crippen LogP contribution in [0.5, 0.6) is 0 Å². The topological polar surface area (TPSA) is 143 Å². The number of hydrogen-bond acceptors (Lipinski definition) is 4. The third-order valence-electron chi connectivity index (χ3n) is 2.36. The van der Waals surface area contributed by atoms with Crippen molar-refractivity contribution >= 4 is 35.1 Å². The molecular formula is C10H15N3O5S. The van der Waals surface area contributed by atoms with Crippen molar-refractivity contribution in [1.82, 2.24) is 5.32 Å². The Morgan fingerprint density at radius 3 is 2.53 bits per heavy atom. The summed E-state index contributed by atoms with van der Waals surface area (Å²) >= 11 is -1.41. The smallest absolute Gasteiger partial charge is 0.326 e. The Morgan fingerprint density at radius 2 is 2.11 bits per heavy atom. The molecule has 0 aliphatic heterocycles. The van der Waals surface area contributed by atoms with Gasteiger partial charge in [0.25, 0.3) is 5.91 Å². The van der Waals surface area contributed by atoms with Crippen molar-refractivity contribution in [1.29, 1.82) is 0 Å². The van der Waals surface area contributed by atoms with Crippen molar-refractivity contribution < 1.29 is 28.8 Å². The molecule has 1 unspecified atom stereocenters. The first-order valence-electron chi connectivity index (χ1n) is 5.35. The zero-order valence-electron chi connectivity index (χ0n) is 10.5. The lowest BCUT2D eigenvalue weighted by molar-refractivity contribution is -0.142. The molecule has 0 heterocycles. The van der Waals surface area contributed by atoms with Gasteiger partial charge < -0.3 is 20.5 Å². The Labute approximate surface area is 113 Å². The van der Waals surface area contributed by atoms with E-state index in [4.69, 9.17) is 10.6 Å². The Morgan fingerprint density at radius 1 is 1.53 bits per heavy atom. The Kier molecular flexibility index (Phi) is 7.66. The number of amides is 1. The lowest BCUT2D eigenvalue weighted by Crippen LogP contribution is -2.46. The molecule has 9 heteroatoms. The normalized spacial score (nSPS) is 14.7. The van der Waals surface area contributed by atoms with Gasteiger partial charge in [-0.1, -0.05) is 0 Å². The number of ketones is 1. The number of nitrogens with one attached hydrogen (secondary N) is 1. The van der Waals surface area contributed by atoms with E-state index in [-0.39, 0.29) is 12.8 Å². The van der Waals surface area contributed by atoms with Gasteiger partial charge >= 0.3 is 12.2 Å². The van der Waals surface area contributed by atoms with Gasteiger partial charge in [-0.05, 0) is 24.5 Å². The van der Waals surface area contributed by atoms with E-state index in [1.165, 1.54) is 13.2 Å². The maximum atomic E-state index is 11.6. The Bertz CT molecular complexity index is 406. The van der Waals surface area contributed by atoms with E-state index in [2.05, 4.69) is 10.1 Å². The first kappa shape index (κ1) is 17.3. The molecule has 0 fully saturated rings. The first-order chi connectivity index (χ1) is 8.79. The number of carbonyl (C=O) groups excluding carboxylic acids is 2. The summed E-state index contributed by atoms with van der Waals surface area (Å²) in [6.45, 7) is 1.41. The molecule has 0 saturated heterocycles. The van der Waals surface area contributed by atoms with Crippen LogP contribution in [0.1, 0.15) is 19.8 Å². The molecule has 19 heavy (non-hydrogen) atoms. The van der Waals surface area contributed by atoms with Crippen LogP contribution < -0.4 is 5.32 Å². The van der Waals surface area contributed by atoms with Crippen LogP contribution in [0.4, 0.5) is 0 Å². The predicted molar refractivity (Wildman–Crippen MR) is 67.0 cm³/mol. The molecule has 106 valence electrons. The molecule has 0 saturated carbocycles. The average Bonchev–Trinajstić information content (AvgIpc) is 2.32. The summed E-state index contributed by atoms with van der Waals surface area (Å²) in [5.74, 6) is -2.51. The van der Waals surface area contributed by atoms with E-state index in [1.807, 2.05) is 0 Å². The molecule has 2 N–H and O–H groups in total. The van der Waals surface area contributed by atoms with E-state index >= 15 is 0 Å². The fourth-order valence-corrected chi connectivity index (χ4v) is 1.48. The molecule has 1 amide bonds. The highest BCUT2D eigenvalue weighted by atomic mass is 32.2. The summed E-state index contributed by atoms with van der Waals surface area (Å²) in [4.78, 5) is 36.0. The van der Waals surface area contributed by atoms with E-state index in [0.717, 1.165) is 0 Å². The van der Waals surface area contributed by atoms with Crippen molar-refractivity contribution in [3.63, 3.8) is 0 Å². The monoisotopic (exact) mass is 289 g/mol. The second kappa shape index (κ2) is 8.41. The molecule has 0 aliphatic carbocycles. The quantitative estimate of drug-likeness (QED) is 0.254. The molecule has 0 bridgehead atoms. The van der Waals surface area contributed by atoms with Crippen LogP contribution >= 0.6 is 0 Å². The minimum Gasteiger partial charge on any atom is -0.616 e. The number of aliphatic carboxylic acids is 1. The lowest BCUT2D eigenvalue weighted by Gasteiger charge is -2.17. The molecule has 0 rings (SSSR count). The number of carboxylic acids is 1. The lowest BCUT2D eigenvalue weighted by atomic mass is 10.1. The highest BCUT2D eigenvalue weighted by Crippen LogP contribution is 2.03. The van der Waals surface area contributed by atoms with Gasteiger partial charge in [-0.3, -0.25) is 9.59 Å². The SMILES string of the molecule is C[C@@H](C(=O)N[C@@H](CCC(=O)C=[N+]=[N-])C(=O)O)[S+](C)[O-].